The first-order chi connectivity index (χ1) is 17.6. The van der Waals surface area contributed by atoms with Crippen molar-refractivity contribution in [2.45, 2.75) is 37.6 Å². The maximum atomic E-state index is 13.4. The van der Waals surface area contributed by atoms with Gasteiger partial charge in [0.1, 0.15) is 16.5 Å². The molecule has 37 heavy (non-hydrogen) atoms. The average Bonchev–Trinajstić information content (AvgIpc) is 3.14. The molecule has 1 unspecified atom stereocenters. The number of nitrogens with zero attached hydrogens (tertiary/aromatic N) is 4. The van der Waals surface area contributed by atoms with E-state index in [2.05, 4.69) is 40.4 Å². The maximum absolute atomic E-state index is 13.4. The Morgan fingerprint density at radius 3 is 2.62 bits per heavy atom. The fourth-order valence-corrected chi connectivity index (χ4v) is 5.82. The number of rotatable bonds is 5. The van der Waals surface area contributed by atoms with Gasteiger partial charge in [-0.1, -0.05) is 31.2 Å². The Morgan fingerprint density at radius 1 is 1.11 bits per heavy atom. The average molecular weight is 517 g/mol. The summed E-state index contributed by atoms with van der Waals surface area (Å²) in [5, 5.41) is 1.96. The van der Waals surface area contributed by atoms with E-state index in [0.717, 1.165) is 22.8 Å². The zero-order valence-corrected chi connectivity index (χ0v) is 21.7. The number of anilines is 2. The quantitative estimate of drug-likeness (QED) is 0.407. The number of carbonyl (C=O) groups excluding carboxylic acids is 1. The van der Waals surface area contributed by atoms with E-state index in [1.165, 1.54) is 18.3 Å². The van der Waals surface area contributed by atoms with Crippen LogP contribution in [0.2, 0.25) is 0 Å². The third-order valence-electron chi connectivity index (χ3n) is 7.32. The molecule has 0 spiro atoms. The summed E-state index contributed by atoms with van der Waals surface area (Å²) in [7, 11) is -4.25. The van der Waals surface area contributed by atoms with Gasteiger partial charge in [-0.2, -0.15) is 0 Å². The zero-order valence-electron chi connectivity index (χ0n) is 20.8. The van der Waals surface area contributed by atoms with Crippen LogP contribution in [0.5, 0.6) is 0 Å². The van der Waals surface area contributed by atoms with Crippen molar-refractivity contribution in [3.05, 3.63) is 72.7 Å². The molecule has 1 amide bonds. The van der Waals surface area contributed by atoms with Gasteiger partial charge in [-0.05, 0) is 55.8 Å². The Kier molecular flexibility index (Phi) is 6.07. The van der Waals surface area contributed by atoms with E-state index >= 15 is 0 Å². The molecular weight excluding hydrogens is 488 g/mol. The first-order valence-corrected chi connectivity index (χ1v) is 13.5. The first-order valence-electron chi connectivity index (χ1n) is 12.0. The van der Waals surface area contributed by atoms with Gasteiger partial charge < -0.3 is 10.6 Å². The summed E-state index contributed by atoms with van der Waals surface area (Å²) in [6, 6.07) is 14.0. The smallest absolute Gasteiger partial charge is 0.268 e. The number of aromatic nitrogens is 3. The van der Waals surface area contributed by atoms with Crippen molar-refractivity contribution in [1.82, 2.24) is 19.7 Å². The Morgan fingerprint density at radius 2 is 1.89 bits per heavy atom. The topological polar surface area (TPSA) is 131 Å². The van der Waals surface area contributed by atoms with E-state index in [1.54, 1.807) is 24.5 Å². The van der Waals surface area contributed by atoms with Crippen LogP contribution in [0.15, 0.2) is 72.0 Å². The molecule has 0 radical (unpaired) electrons. The molecule has 0 aliphatic carbocycles. The molecule has 190 valence electrons. The molecule has 4 aromatic rings. The van der Waals surface area contributed by atoms with Gasteiger partial charge in [0, 0.05) is 41.6 Å². The number of hydrogen-bond acceptors (Lipinski definition) is 8. The molecule has 9 nitrogen and oxygen atoms in total. The summed E-state index contributed by atoms with van der Waals surface area (Å²) in [5.74, 6) is -0.211. The number of benzene rings is 1. The highest BCUT2D eigenvalue weighted by Crippen LogP contribution is 2.40. The molecule has 0 saturated carbocycles. The highest BCUT2D eigenvalue weighted by molar-refractivity contribution is 7.90. The largest absolute Gasteiger partial charge is 0.383 e. The molecule has 1 saturated heterocycles. The second-order valence-electron chi connectivity index (χ2n) is 9.79. The second-order valence-corrected chi connectivity index (χ2v) is 11.4. The van der Waals surface area contributed by atoms with Crippen LogP contribution in [0.1, 0.15) is 37.6 Å². The number of sulfonamides is 1. The number of carbonyl (C=O) groups is 1. The SMILES string of the molecule is CC1CCN(c2nc(-c3cncc4ccccc34)ccc2C(=O)NS(=O)(=O)c2cccnc2N)C1(C)C. The molecule has 0 bridgehead atoms. The predicted molar refractivity (Wildman–Crippen MR) is 143 cm³/mol. The molecule has 1 aliphatic rings. The highest BCUT2D eigenvalue weighted by Gasteiger charge is 2.41. The third kappa shape index (κ3) is 4.37. The number of fused-ring (bicyclic) bond motifs is 1. The maximum Gasteiger partial charge on any atom is 0.268 e. The summed E-state index contributed by atoms with van der Waals surface area (Å²) in [6.07, 6.45) is 5.85. The van der Waals surface area contributed by atoms with Crippen LogP contribution in [0.3, 0.4) is 0 Å². The summed E-state index contributed by atoms with van der Waals surface area (Å²) in [6.45, 7) is 7.05. The lowest BCUT2D eigenvalue weighted by atomic mass is 9.90. The fraction of sp³-hybridized carbons (Fsp3) is 0.259. The second kappa shape index (κ2) is 9.11. The molecule has 1 aliphatic heterocycles. The van der Waals surface area contributed by atoms with Crippen LogP contribution in [-0.4, -0.2) is 41.4 Å². The molecule has 5 rings (SSSR count). The minimum atomic E-state index is -4.25. The molecule has 3 N–H and O–H groups in total. The normalized spacial score (nSPS) is 17.2. The van der Waals surface area contributed by atoms with Crippen LogP contribution < -0.4 is 15.4 Å². The van der Waals surface area contributed by atoms with Gasteiger partial charge in [0.2, 0.25) is 0 Å². The number of amides is 1. The minimum Gasteiger partial charge on any atom is -0.383 e. The van der Waals surface area contributed by atoms with E-state index in [0.29, 0.717) is 24.0 Å². The number of nitrogen functional groups attached to an aromatic ring is 1. The van der Waals surface area contributed by atoms with E-state index in [-0.39, 0.29) is 21.8 Å². The summed E-state index contributed by atoms with van der Waals surface area (Å²) in [5.41, 5.74) is 7.09. The Bertz CT molecular complexity index is 1610. The Labute approximate surface area is 215 Å². The van der Waals surface area contributed by atoms with Crippen molar-refractivity contribution in [1.29, 1.82) is 0 Å². The predicted octanol–water partition coefficient (Wildman–Crippen LogP) is 4.02. The van der Waals surface area contributed by atoms with E-state index in [9.17, 15) is 13.2 Å². The Balaban J connectivity index is 1.62. The minimum absolute atomic E-state index is 0.158. The third-order valence-corrected chi connectivity index (χ3v) is 8.70. The van der Waals surface area contributed by atoms with Gasteiger partial charge in [-0.15, -0.1) is 0 Å². The lowest BCUT2D eigenvalue weighted by Crippen LogP contribution is -2.43. The van der Waals surface area contributed by atoms with Gasteiger partial charge >= 0.3 is 0 Å². The zero-order chi connectivity index (χ0) is 26.4. The van der Waals surface area contributed by atoms with Crippen molar-refractivity contribution in [3.8, 4) is 11.3 Å². The summed E-state index contributed by atoms with van der Waals surface area (Å²) < 4.78 is 28.1. The van der Waals surface area contributed by atoms with E-state index in [4.69, 9.17) is 10.7 Å². The van der Waals surface area contributed by atoms with Gasteiger partial charge in [-0.3, -0.25) is 9.78 Å². The van der Waals surface area contributed by atoms with Crippen LogP contribution in [0.4, 0.5) is 11.6 Å². The van der Waals surface area contributed by atoms with Crippen LogP contribution in [0.25, 0.3) is 22.0 Å². The van der Waals surface area contributed by atoms with Crippen LogP contribution in [0, 0.1) is 5.92 Å². The number of nitrogens with one attached hydrogen (secondary N) is 1. The molecule has 1 aromatic carbocycles. The molecular formula is C27H28N6O3S. The molecule has 1 fully saturated rings. The van der Waals surface area contributed by atoms with Crippen molar-refractivity contribution < 1.29 is 13.2 Å². The Hall–Kier alpha value is -4.05. The standard InChI is InChI=1S/C27H28N6O3S/c1-17-12-14-33(27(17,2)3)25-20(26(34)32-37(35,36)23-9-6-13-30-24(23)28)10-11-22(31-25)21-16-29-15-18-7-4-5-8-19(18)21/h4-11,13,15-17H,12,14H2,1-3H3,(H2,28,30)(H,32,34). The monoisotopic (exact) mass is 516 g/mol. The summed E-state index contributed by atoms with van der Waals surface area (Å²) in [4.78, 5) is 28.4. The van der Waals surface area contributed by atoms with Crippen molar-refractivity contribution in [2.75, 3.05) is 17.2 Å². The van der Waals surface area contributed by atoms with Crippen LogP contribution >= 0.6 is 0 Å². The van der Waals surface area contributed by atoms with Crippen molar-refractivity contribution in [3.63, 3.8) is 0 Å². The molecule has 10 heteroatoms. The van der Waals surface area contributed by atoms with E-state index < -0.39 is 15.9 Å². The lowest BCUT2D eigenvalue weighted by Gasteiger charge is -2.36. The van der Waals surface area contributed by atoms with Gasteiger partial charge in [0.25, 0.3) is 15.9 Å². The summed E-state index contributed by atoms with van der Waals surface area (Å²) >= 11 is 0. The number of pyridine rings is 3. The molecule has 1 atom stereocenters. The highest BCUT2D eigenvalue weighted by atomic mass is 32.2. The van der Waals surface area contributed by atoms with Crippen molar-refractivity contribution in [2.24, 2.45) is 5.92 Å². The lowest BCUT2D eigenvalue weighted by molar-refractivity contribution is 0.0981. The van der Waals surface area contributed by atoms with Gasteiger partial charge in [0.15, 0.2) is 0 Å². The van der Waals surface area contributed by atoms with Crippen LogP contribution in [-0.2, 0) is 10.0 Å². The molecule has 4 heterocycles. The number of hydrogen-bond donors (Lipinski definition) is 2. The fourth-order valence-electron chi connectivity index (χ4n) is 4.77. The molecule has 3 aromatic heterocycles. The van der Waals surface area contributed by atoms with Crippen molar-refractivity contribution >= 4 is 38.3 Å². The van der Waals surface area contributed by atoms with Gasteiger partial charge in [-0.25, -0.2) is 23.1 Å². The van der Waals surface area contributed by atoms with E-state index in [1.807, 2.05) is 24.3 Å². The number of nitrogens with two attached hydrogens (primary N) is 1. The first kappa shape index (κ1) is 24.6. The van der Waals surface area contributed by atoms with Gasteiger partial charge in [0.05, 0.1) is 11.3 Å².